The molecule has 0 aliphatic rings. The van der Waals surface area contributed by atoms with Gasteiger partial charge in [-0.25, -0.2) is 0 Å². The maximum absolute atomic E-state index is 8.25. The minimum Gasteiger partial charge on any atom is -0.356 e. The molecule has 0 N–H and O–H groups in total. The van der Waals surface area contributed by atoms with Crippen LogP contribution in [0.25, 0.3) is 0 Å². The molecule has 0 saturated heterocycles. The quantitative estimate of drug-likeness (QED) is 0.278. The van der Waals surface area contributed by atoms with Gasteiger partial charge in [0.15, 0.2) is 0 Å². The Balaban J connectivity index is -0.0000000300. The molecule has 0 atom stereocenters. The summed E-state index contributed by atoms with van der Waals surface area (Å²) < 4.78 is 0. The zero-order chi connectivity index (χ0) is 7.15. The first-order valence-corrected chi connectivity index (χ1v) is 1.10. The van der Waals surface area contributed by atoms with Gasteiger partial charge in [-0.05, 0) is 0 Å². The molecular formula is H2MgN2O6Sr. The predicted octanol–water partition coefficient (Wildman–Crippen LogP) is -1.78. The van der Waals surface area contributed by atoms with E-state index in [0.717, 1.165) is 0 Å². The molecule has 10 heavy (non-hydrogen) atoms. The fourth-order valence-corrected chi connectivity index (χ4v) is 0. The van der Waals surface area contributed by atoms with Crippen LogP contribution in [0.4, 0.5) is 0 Å². The van der Waals surface area contributed by atoms with Crippen LogP contribution in [-0.4, -0.2) is 78.7 Å². The van der Waals surface area contributed by atoms with E-state index in [4.69, 9.17) is 30.6 Å². The van der Waals surface area contributed by atoms with Crippen molar-refractivity contribution in [1.82, 2.24) is 0 Å². The van der Waals surface area contributed by atoms with Gasteiger partial charge in [-0.15, -0.1) is 0 Å². The molecule has 0 aromatic rings. The number of nitrogens with zero attached hydrogens (tertiary/aromatic N) is 2. The smallest absolute Gasteiger partial charge is 0.356 e. The van der Waals surface area contributed by atoms with Crippen molar-refractivity contribution in [3.63, 3.8) is 0 Å². The van der Waals surface area contributed by atoms with Crippen molar-refractivity contribution in [1.29, 1.82) is 0 Å². The molecule has 52 valence electrons. The van der Waals surface area contributed by atoms with E-state index in [1.165, 1.54) is 0 Å². The average Bonchev–Trinajstić information content (AvgIpc) is 1.25. The van der Waals surface area contributed by atoms with Gasteiger partial charge in [-0.1, -0.05) is 0 Å². The fraction of sp³-hybridized carbons (Fsp3) is 0. The van der Waals surface area contributed by atoms with Crippen LogP contribution in [0.2, 0.25) is 0 Å². The van der Waals surface area contributed by atoms with Gasteiger partial charge in [-0.3, -0.25) is 0 Å². The molecule has 0 rings (SSSR count). The molecule has 0 spiro atoms. The van der Waals surface area contributed by atoms with Crippen molar-refractivity contribution < 1.29 is 10.2 Å². The van der Waals surface area contributed by atoms with Gasteiger partial charge < -0.3 is 30.6 Å². The second-order valence-electron chi connectivity index (χ2n) is 0.447. The van der Waals surface area contributed by atoms with Gasteiger partial charge >= 0.3 is 68.5 Å². The van der Waals surface area contributed by atoms with Gasteiger partial charge in [0, 0.05) is 0 Å². The van der Waals surface area contributed by atoms with E-state index in [-0.39, 0.29) is 68.5 Å². The summed E-state index contributed by atoms with van der Waals surface area (Å²) in [5.74, 6) is 0. The monoisotopic (exact) mass is 238 g/mol. The minimum atomic E-state index is -1.75. The first-order valence-electron chi connectivity index (χ1n) is 1.10. The van der Waals surface area contributed by atoms with Crippen molar-refractivity contribution in [2.45, 2.75) is 0 Å². The third-order valence-corrected chi connectivity index (χ3v) is 0. The minimum absolute atomic E-state index is 0. The van der Waals surface area contributed by atoms with Gasteiger partial charge in [0.05, 0.1) is 10.2 Å². The molecule has 0 aliphatic carbocycles. The fourth-order valence-electron chi connectivity index (χ4n) is 0. The Labute approximate surface area is 108 Å². The molecule has 0 radical (unpaired) electrons. The Hall–Kier alpha value is 0.647. The SMILES string of the molecule is O=[N+]([O-])[O-].O=[N+]([O-])[O-].[MgH2].[Sr+2]. The van der Waals surface area contributed by atoms with E-state index in [0.29, 0.717) is 0 Å². The van der Waals surface area contributed by atoms with E-state index in [9.17, 15) is 0 Å². The van der Waals surface area contributed by atoms with E-state index >= 15 is 0 Å². The zero-order valence-corrected chi connectivity index (χ0v) is 7.53. The van der Waals surface area contributed by atoms with Crippen LogP contribution in [0, 0.1) is 30.6 Å². The second-order valence-corrected chi connectivity index (χ2v) is 0.447. The molecule has 0 aromatic heterocycles. The molecule has 0 aliphatic heterocycles. The maximum Gasteiger partial charge on any atom is 2.00 e. The van der Waals surface area contributed by atoms with E-state index in [1.54, 1.807) is 0 Å². The number of hydrogen-bond acceptors (Lipinski definition) is 6. The molecule has 0 amide bonds. The Morgan fingerprint density at radius 2 is 0.800 bits per heavy atom. The Bertz CT molecular complexity index is 73.7. The number of hydrogen-bond donors (Lipinski definition) is 0. The van der Waals surface area contributed by atoms with Crippen molar-refractivity contribution in [3.05, 3.63) is 30.6 Å². The summed E-state index contributed by atoms with van der Waals surface area (Å²) in [6.07, 6.45) is 0. The van der Waals surface area contributed by atoms with Gasteiger partial charge in [-0.2, -0.15) is 0 Å². The van der Waals surface area contributed by atoms with Crippen LogP contribution in [-0.2, 0) is 0 Å². The predicted molar refractivity (Wildman–Crippen MR) is 35.0 cm³/mol. The third kappa shape index (κ3) is 1210. The Morgan fingerprint density at radius 1 is 0.800 bits per heavy atom. The normalized spacial score (nSPS) is 4.80. The largest absolute Gasteiger partial charge is 2.00 e. The van der Waals surface area contributed by atoms with Crippen molar-refractivity contribution >= 4 is 68.5 Å². The standard InChI is InChI=1S/Mg.2NO3.Sr.2H/c;2*2-1(3)4;;;/q;2*-1;+2;;. The Kier molecular flexibility index (Phi) is 36.6. The number of rotatable bonds is 0. The summed E-state index contributed by atoms with van der Waals surface area (Å²) in [7, 11) is 0. The van der Waals surface area contributed by atoms with Gasteiger partial charge in [0.2, 0.25) is 0 Å². The molecule has 0 aromatic carbocycles. The van der Waals surface area contributed by atoms with Crippen molar-refractivity contribution in [2.24, 2.45) is 0 Å². The van der Waals surface area contributed by atoms with Crippen LogP contribution in [0.15, 0.2) is 0 Å². The van der Waals surface area contributed by atoms with E-state index in [2.05, 4.69) is 0 Å². The van der Waals surface area contributed by atoms with Crippen LogP contribution in [0.3, 0.4) is 0 Å². The Morgan fingerprint density at radius 3 is 0.800 bits per heavy atom. The molecule has 8 nitrogen and oxygen atoms in total. The summed E-state index contributed by atoms with van der Waals surface area (Å²) in [6, 6.07) is 0. The summed E-state index contributed by atoms with van der Waals surface area (Å²) in [5, 5.41) is 29.5. The van der Waals surface area contributed by atoms with Gasteiger partial charge in [0.25, 0.3) is 0 Å². The first kappa shape index (κ1) is 22.4. The van der Waals surface area contributed by atoms with Crippen LogP contribution >= 0.6 is 0 Å². The van der Waals surface area contributed by atoms with Crippen molar-refractivity contribution in [2.75, 3.05) is 0 Å². The van der Waals surface area contributed by atoms with Crippen molar-refractivity contribution in [3.8, 4) is 0 Å². The molecule has 0 fully saturated rings. The zero-order valence-electron chi connectivity index (χ0n) is 4.05. The van der Waals surface area contributed by atoms with Crippen LogP contribution in [0.5, 0.6) is 0 Å². The molecule has 0 heterocycles. The summed E-state index contributed by atoms with van der Waals surface area (Å²) in [5.41, 5.74) is 0. The molecule has 0 unspecified atom stereocenters. The summed E-state index contributed by atoms with van der Waals surface area (Å²) in [4.78, 5) is 16.5. The molecule has 10 heteroatoms. The van der Waals surface area contributed by atoms with Gasteiger partial charge in [0.1, 0.15) is 0 Å². The second kappa shape index (κ2) is 16.3. The first-order chi connectivity index (χ1) is 3.46. The van der Waals surface area contributed by atoms with E-state index < -0.39 is 10.2 Å². The third-order valence-electron chi connectivity index (χ3n) is 0. The summed E-state index contributed by atoms with van der Waals surface area (Å²) >= 11 is 0. The molecule has 0 saturated carbocycles. The molecular weight excluding hydrogens is 236 g/mol. The maximum atomic E-state index is 8.25. The molecule has 0 bridgehead atoms. The van der Waals surface area contributed by atoms with Crippen LogP contribution in [0.1, 0.15) is 0 Å². The summed E-state index contributed by atoms with van der Waals surface area (Å²) in [6.45, 7) is 0. The topological polar surface area (TPSA) is 132 Å². The average molecular weight is 238 g/mol. The van der Waals surface area contributed by atoms with E-state index in [1.807, 2.05) is 0 Å². The van der Waals surface area contributed by atoms with Crippen LogP contribution < -0.4 is 0 Å².